The second-order valence-electron chi connectivity index (χ2n) is 5.66. The molecule has 0 saturated heterocycles. The molecule has 1 amide bonds. The molecule has 1 N–H and O–H groups in total. The van der Waals surface area contributed by atoms with Gasteiger partial charge in [-0.25, -0.2) is 0 Å². The zero-order chi connectivity index (χ0) is 15.3. The monoisotopic (exact) mass is 311 g/mol. The van der Waals surface area contributed by atoms with Crippen molar-refractivity contribution >= 4 is 17.5 Å². The summed E-state index contributed by atoms with van der Waals surface area (Å²) in [5.74, 6) is 0.572. The number of carbonyl (C=O) groups excluding carboxylic acids is 1. The second kappa shape index (κ2) is 7.14. The van der Waals surface area contributed by atoms with Gasteiger partial charge in [-0.15, -0.1) is 11.6 Å². The summed E-state index contributed by atoms with van der Waals surface area (Å²) >= 11 is 5.70. The number of aliphatic hydroxyl groups is 1. The number of benzene rings is 1. The first kappa shape index (κ1) is 16.1. The van der Waals surface area contributed by atoms with E-state index in [2.05, 4.69) is 0 Å². The summed E-state index contributed by atoms with van der Waals surface area (Å²) in [6, 6.07) is 7.57. The third-order valence-electron chi connectivity index (χ3n) is 4.02. The predicted octanol–water partition coefficient (Wildman–Crippen LogP) is 2.57. The van der Waals surface area contributed by atoms with Gasteiger partial charge in [0.05, 0.1) is 12.7 Å². The lowest BCUT2D eigenvalue weighted by atomic mass is 10.0. The Morgan fingerprint density at radius 3 is 2.48 bits per heavy atom. The highest BCUT2D eigenvalue weighted by atomic mass is 35.5. The average Bonchev–Trinajstić information content (AvgIpc) is 2.93. The van der Waals surface area contributed by atoms with Crippen molar-refractivity contribution in [3.8, 4) is 5.75 Å². The number of rotatable bonds is 6. The number of ether oxygens (including phenoxy) is 1. The number of hydrogen-bond acceptors (Lipinski definition) is 3. The Morgan fingerprint density at radius 2 is 1.95 bits per heavy atom. The first-order valence-corrected chi connectivity index (χ1v) is 7.79. The molecule has 1 aromatic carbocycles. The molecule has 0 heterocycles. The normalized spacial score (nSPS) is 16.7. The fourth-order valence-electron chi connectivity index (χ4n) is 2.81. The standard InChI is InChI=1S/C16H22ClNO3/c1-21-14-6-4-13(5-7-14)11-18(15(19)10-17)12-16(20)8-2-3-9-16/h4-7,20H,2-3,8-12H2,1H3. The first-order valence-electron chi connectivity index (χ1n) is 7.25. The fraction of sp³-hybridized carbons (Fsp3) is 0.562. The Hall–Kier alpha value is -1.26. The highest BCUT2D eigenvalue weighted by molar-refractivity contribution is 6.27. The molecule has 1 fully saturated rings. The molecule has 5 heteroatoms. The molecule has 2 rings (SSSR count). The zero-order valence-electron chi connectivity index (χ0n) is 12.3. The summed E-state index contributed by atoms with van der Waals surface area (Å²) in [5, 5.41) is 10.5. The molecular formula is C16H22ClNO3. The summed E-state index contributed by atoms with van der Waals surface area (Å²) in [7, 11) is 1.62. The van der Waals surface area contributed by atoms with Crippen molar-refractivity contribution in [2.75, 3.05) is 19.5 Å². The van der Waals surface area contributed by atoms with E-state index in [1.54, 1.807) is 12.0 Å². The summed E-state index contributed by atoms with van der Waals surface area (Å²) in [6.07, 6.45) is 3.53. The van der Waals surface area contributed by atoms with E-state index in [9.17, 15) is 9.90 Å². The van der Waals surface area contributed by atoms with Crippen molar-refractivity contribution in [3.63, 3.8) is 0 Å². The lowest BCUT2D eigenvalue weighted by molar-refractivity contribution is -0.132. The largest absolute Gasteiger partial charge is 0.497 e. The molecule has 0 bridgehead atoms. The summed E-state index contributed by atoms with van der Waals surface area (Å²) in [6.45, 7) is 0.808. The van der Waals surface area contributed by atoms with Gasteiger partial charge in [0, 0.05) is 13.1 Å². The maximum atomic E-state index is 12.0. The zero-order valence-corrected chi connectivity index (χ0v) is 13.1. The van der Waals surface area contributed by atoms with Crippen LogP contribution in [0.4, 0.5) is 0 Å². The maximum Gasteiger partial charge on any atom is 0.237 e. The van der Waals surface area contributed by atoms with Crippen LogP contribution in [0.25, 0.3) is 0 Å². The van der Waals surface area contributed by atoms with E-state index in [0.29, 0.717) is 13.1 Å². The molecule has 0 spiro atoms. The van der Waals surface area contributed by atoms with Gasteiger partial charge in [0.2, 0.25) is 5.91 Å². The molecule has 116 valence electrons. The molecule has 1 saturated carbocycles. The van der Waals surface area contributed by atoms with Crippen LogP contribution in [0.5, 0.6) is 5.75 Å². The van der Waals surface area contributed by atoms with Crippen molar-refractivity contribution in [2.45, 2.75) is 37.8 Å². The molecule has 1 aliphatic rings. The summed E-state index contributed by atoms with van der Waals surface area (Å²) in [5.41, 5.74) is 0.240. The van der Waals surface area contributed by atoms with E-state index in [1.165, 1.54) is 0 Å². The highest BCUT2D eigenvalue weighted by Crippen LogP contribution is 2.30. The molecule has 0 aromatic heterocycles. The number of hydrogen-bond donors (Lipinski definition) is 1. The summed E-state index contributed by atoms with van der Waals surface area (Å²) < 4.78 is 5.12. The molecule has 4 nitrogen and oxygen atoms in total. The average molecular weight is 312 g/mol. The van der Waals surface area contributed by atoms with Crippen LogP contribution in [0.2, 0.25) is 0 Å². The molecule has 0 atom stereocenters. The number of methoxy groups -OCH3 is 1. The molecule has 0 unspecified atom stereocenters. The molecule has 1 aromatic rings. The van der Waals surface area contributed by atoms with Crippen molar-refractivity contribution in [1.82, 2.24) is 4.90 Å². The Morgan fingerprint density at radius 1 is 1.33 bits per heavy atom. The molecule has 0 aliphatic heterocycles. The molecular weight excluding hydrogens is 290 g/mol. The molecule has 0 radical (unpaired) electrons. The lowest BCUT2D eigenvalue weighted by Gasteiger charge is -2.31. The minimum absolute atomic E-state index is 0.0633. The van der Waals surface area contributed by atoms with Crippen molar-refractivity contribution in [1.29, 1.82) is 0 Å². The van der Waals surface area contributed by atoms with Crippen LogP contribution >= 0.6 is 11.6 Å². The quantitative estimate of drug-likeness (QED) is 0.822. The van der Waals surface area contributed by atoms with Gasteiger partial charge in [0.1, 0.15) is 11.6 Å². The Kier molecular flexibility index (Phi) is 5.48. The first-order chi connectivity index (χ1) is 10.1. The highest BCUT2D eigenvalue weighted by Gasteiger charge is 2.34. The van der Waals surface area contributed by atoms with Crippen LogP contribution < -0.4 is 4.74 Å². The lowest BCUT2D eigenvalue weighted by Crippen LogP contribution is -2.44. The molecule has 21 heavy (non-hydrogen) atoms. The minimum atomic E-state index is -0.756. The van der Waals surface area contributed by atoms with Gasteiger partial charge in [-0.05, 0) is 30.5 Å². The topological polar surface area (TPSA) is 49.8 Å². The number of carbonyl (C=O) groups is 1. The number of amides is 1. The van der Waals surface area contributed by atoms with Gasteiger partial charge in [-0.3, -0.25) is 4.79 Å². The van der Waals surface area contributed by atoms with Gasteiger partial charge in [-0.1, -0.05) is 25.0 Å². The van der Waals surface area contributed by atoms with Crippen LogP contribution in [0.1, 0.15) is 31.2 Å². The van der Waals surface area contributed by atoms with Crippen LogP contribution in [0.3, 0.4) is 0 Å². The Labute approximate surface area is 130 Å². The van der Waals surface area contributed by atoms with E-state index in [-0.39, 0.29) is 11.8 Å². The van der Waals surface area contributed by atoms with Crippen LogP contribution in [-0.2, 0) is 11.3 Å². The van der Waals surface area contributed by atoms with Crippen molar-refractivity contribution in [3.05, 3.63) is 29.8 Å². The van der Waals surface area contributed by atoms with E-state index >= 15 is 0 Å². The van der Waals surface area contributed by atoms with Gasteiger partial charge < -0.3 is 14.7 Å². The van der Waals surface area contributed by atoms with Gasteiger partial charge >= 0.3 is 0 Å². The number of halogens is 1. The minimum Gasteiger partial charge on any atom is -0.497 e. The Balaban J connectivity index is 2.06. The van der Waals surface area contributed by atoms with E-state index < -0.39 is 5.60 Å². The van der Waals surface area contributed by atoms with Gasteiger partial charge in [-0.2, -0.15) is 0 Å². The smallest absolute Gasteiger partial charge is 0.237 e. The SMILES string of the molecule is COc1ccc(CN(CC2(O)CCCC2)C(=O)CCl)cc1. The third-order valence-corrected chi connectivity index (χ3v) is 4.25. The third kappa shape index (κ3) is 4.35. The fourth-order valence-corrected chi connectivity index (χ4v) is 2.98. The van der Waals surface area contributed by atoms with E-state index in [0.717, 1.165) is 37.0 Å². The van der Waals surface area contributed by atoms with Crippen LogP contribution in [0.15, 0.2) is 24.3 Å². The number of alkyl halides is 1. The predicted molar refractivity (Wildman–Crippen MR) is 82.5 cm³/mol. The van der Waals surface area contributed by atoms with Gasteiger partial charge in [0.25, 0.3) is 0 Å². The summed E-state index contributed by atoms with van der Waals surface area (Å²) in [4.78, 5) is 13.7. The Bertz CT molecular complexity index is 469. The maximum absolute atomic E-state index is 12.0. The second-order valence-corrected chi connectivity index (χ2v) is 5.93. The van der Waals surface area contributed by atoms with E-state index in [4.69, 9.17) is 16.3 Å². The van der Waals surface area contributed by atoms with Crippen molar-refractivity contribution < 1.29 is 14.6 Å². The molecule has 1 aliphatic carbocycles. The van der Waals surface area contributed by atoms with E-state index in [1.807, 2.05) is 24.3 Å². The van der Waals surface area contributed by atoms with Crippen LogP contribution in [0, 0.1) is 0 Å². The van der Waals surface area contributed by atoms with Crippen molar-refractivity contribution in [2.24, 2.45) is 0 Å². The van der Waals surface area contributed by atoms with Crippen LogP contribution in [-0.4, -0.2) is 41.0 Å². The van der Waals surface area contributed by atoms with Gasteiger partial charge in [0.15, 0.2) is 0 Å². The number of nitrogens with zero attached hydrogens (tertiary/aromatic N) is 1.